The van der Waals surface area contributed by atoms with Gasteiger partial charge in [0, 0.05) is 12.8 Å². The Morgan fingerprint density at radius 3 is 1.69 bits per heavy atom. The highest BCUT2D eigenvalue weighted by atomic mass is 16.5. The molecule has 1 unspecified atom stereocenters. The van der Waals surface area contributed by atoms with Crippen LogP contribution in [0.3, 0.4) is 0 Å². The summed E-state index contributed by atoms with van der Waals surface area (Å²) in [6, 6.07) is 0. The van der Waals surface area contributed by atoms with Crippen molar-refractivity contribution >= 4 is 11.9 Å². The first-order valence-corrected chi connectivity index (χ1v) is 16.6. The third-order valence-electron chi connectivity index (χ3n) is 7.30. The number of nitrogens with zero attached hydrogens (tertiary/aromatic N) is 1. The van der Waals surface area contributed by atoms with Crippen LogP contribution in [0, 0.1) is 0 Å². The molecule has 230 valence electrons. The summed E-state index contributed by atoms with van der Waals surface area (Å²) in [6.45, 7) is 5.78. The van der Waals surface area contributed by atoms with E-state index in [-0.39, 0.29) is 18.0 Å². The van der Waals surface area contributed by atoms with E-state index >= 15 is 0 Å². The van der Waals surface area contributed by atoms with Gasteiger partial charge in [-0.3, -0.25) is 9.59 Å². The summed E-state index contributed by atoms with van der Waals surface area (Å²) >= 11 is 0. The summed E-state index contributed by atoms with van der Waals surface area (Å²) in [5.41, 5.74) is 0. The molecule has 0 aromatic rings. The number of hydrogen-bond acceptors (Lipinski definition) is 5. The smallest absolute Gasteiger partial charge is 0.306 e. The van der Waals surface area contributed by atoms with Gasteiger partial charge in [0.05, 0.1) is 0 Å². The highest BCUT2D eigenvalue weighted by Crippen LogP contribution is 2.18. The van der Waals surface area contributed by atoms with Crippen LogP contribution >= 0.6 is 0 Å². The zero-order valence-corrected chi connectivity index (χ0v) is 26.5. The van der Waals surface area contributed by atoms with Crippen LogP contribution in [-0.4, -0.2) is 50.2 Å². The molecule has 0 bridgehead atoms. The Morgan fingerprint density at radius 2 is 1.13 bits per heavy atom. The van der Waals surface area contributed by atoms with Gasteiger partial charge < -0.3 is 14.4 Å². The predicted octanol–water partition coefficient (Wildman–Crippen LogP) is 9.57. The van der Waals surface area contributed by atoms with E-state index in [0.717, 1.165) is 51.5 Å². The molecule has 0 amide bonds. The molecular formula is C34H65NO4. The van der Waals surface area contributed by atoms with Crippen molar-refractivity contribution in [1.29, 1.82) is 0 Å². The standard InChI is InChI=1S/C34H65NO4/c1-5-7-9-11-14-17-21-26-32(39-34(37)29-25-30-35(3)4)27-22-18-15-12-13-16-19-23-28-33(36)38-31-24-20-10-8-6-2/h20,24,32H,5-19,21-23,25-31H2,1-4H3/b24-20+. The molecule has 0 aliphatic heterocycles. The monoisotopic (exact) mass is 551 g/mol. The molecule has 0 aliphatic rings. The fourth-order valence-corrected chi connectivity index (χ4v) is 4.80. The van der Waals surface area contributed by atoms with Gasteiger partial charge in [-0.15, -0.1) is 0 Å². The predicted molar refractivity (Wildman–Crippen MR) is 166 cm³/mol. The molecule has 0 N–H and O–H groups in total. The summed E-state index contributed by atoms with van der Waals surface area (Å²) < 4.78 is 11.2. The average Bonchev–Trinajstić information content (AvgIpc) is 2.90. The zero-order chi connectivity index (χ0) is 28.8. The summed E-state index contributed by atoms with van der Waals surface area (Å²) in [7, 11) is 4.08. The molecule has 5 nitrogen and oxygen atoms in total. The lowest BCUT2D eigenvalue weighted by atomic mass is 10.0. The highest BCUT2D eigenvalue weighted by molar-refractivity contribution is 5.69. The first kappa shape index (κ1) is 37.6. The van der Waals surface area contributed by atoms with Crippen molar-refractivity contribution < 1.29 is 19.1 Å². The van der Waals surface area contributed by atoms with Crippen molar-refractivity contribution in [2.75, 3.05) is 27.2 Å². The Hall–Kier alpha value is -1.36. The molecule has 0 aliphatic carbocycles. The van der Waals surface area contributed by atoms with E-state index in [9.17, 15) is 9.59 Å². The lowest BCUT2D eigenvalue weighted by Crippen LogP contribution is -2.20. The van der Waals surface area contributed by atoms with Crippen molar-refractivity contribution in [3.05, 3.63) is 12.2 Å². The molecule has 0 fully saturated rings. The first-order valence-electron chi connectivity index (χ1n) is 16.6. The SMILES string of the molecule is CCCC/C=C/COC(=O)CCCCCCCCCCC(CCCCCCCCC)OC(=O)CCCN(C)C. The van der Waals surface area contributed by atoms with E-state index in [1.165, 1.54) is 89.9 Å². The van der Waals surface area contributed by atoms with Crippen molar-refractivity contribution in [3.63, 3.8) is 0 Å². The number of allylic oxidation sites excluding steroid dienone is 1. The minimum Gasteiger partial charge on any atom is -0.462 e. The number of rotatable bonds is 29. The summed E-state index contributed by atoms with van der Waals surface area (Å²) in [6.07, 6.45) is 29.9. The van der Waals surface area contributed by atoms with E-state index in [1.54, 1.807) is 0 Å². The number of hydrogen-bond donors (Lipinski definition) is 0. The van der Waals surface area contributed by atoms with Gasteiger partial charge in [0.15, 0.2) is 0 Å². The molecule has 0 aromatic heterocycles. The normalized spacial score (nSPS) is 12.3. The van der Waals surface area contributed by atoms with E-state index in [1.807, 2.05) is 20.2 Å². The summed E-state index contributed by atoms with van der Waals surface area (Å²) in [5.74, 6) is -0.0864. The van der Waals surface area contributed by atoms with Gasteiger partial charge in [-0.2, -0.15) is 0 Å². The van der Waals surface area contributed by atoms with Crippen molar-refractivity contribution in [2.45, 2.75) is 168 Å². The second-order valence-electron chi connectivity index (χ2n) is 11.6. The van der Waals surface area contributed by atoms with E-state index < -0.39 is 0 Å². The topological polar surface area (TPSA) is 55.8 Å². The molecular weight excluding hydrogens is 486 g/mol. The van der Waals surface area contributed by atoms with Gasteiger partial charge in [0.1, 0.15) is 12.7 Å². The molecule has 0 saturated heterocycles. The molecule has 5 heteroatoms. The van der Waals surface area contributed by atoms with Crippen LogP contribution in [0.25, 0.3) is 0 Å². The van der Waals surface area contributed by atoms with Crippen LogP contribution < -0.4 is 0 Å². The second kappa shape index (κ2) is 29.6. The minimum atomic E-state index is -0.0698. The van der Waals surface area contributed by atoms with Crippen LogP contribution in [0.15, 0.2) is 12.2 Å². The quantitative estimate of drug-likeness (QED) is 0.0526. The molecule has 0 radical (unpaired) electrons. The molecule has 0 heterocycles. The minimum absolute atomic E-state index is 0.0166. The van der Waals surface area contributed by atoms with Gasteiger partial charge in [-0.25, -0.2) is 0 Å². The van der Waals surface area contributed by atoms with Gasteiger partial charge in [-0.1, -0.05) is 116 Å². The second-order valence-corrected chi connectivity index (χ2v) is 11.6. The summed E-state index contributed by atoms with van der Waals surface area (Å²) in [4.78, 5) is 26.3. The fraction of sp³-hybridized carbons (Fsp3) is 0.882. The van der Waals surface area contributed by atoms with Gasteiger partial charge in [0.2, 0.25) is 0 Å². The van der Waals surface area contributed by atoms with Crippen LogP contribution in [0.1, 0.15) is 162 Å². The van der Waals surface area contributed by atoms with E-state index in [2.05, 4.69) is 24.8 Å². The lowest BCUT2D eigenvalue weighted by Gasteiger charge is -2.18. The molecule has 1 atom stereocenters. The van der Waals surface area contributed by atoms with Crippen molar-refractivity contribution in [2.24, 2.45) is 0 Å². The Kier molecular flexibility index (Phi) is 28.6. The van der Waals surface area contributed by atoms with E-state index in [0.29, 0.717) is 19.4 Å². The Bertz CT molecular complexity index is 576. The Labute approximate surface area is 242 Å². The number of carbonyl (C=O) groups is 2. The van der Waals surface area contributed by atoms with Crippen LogP contribution in [-0.2, 0) is 19.1 Å². The summed E-state index contributed by atoms with van der Waals surface area (Å²) in [5, 5.41) is 0. The molecule has 0 aromatic carbocycles. The Morgan fingerprint density at radius 1 is 0.615 bits per heavy atom. The van der Waals surface area contributed by atoms with Crippen molar-refractivity contribution in [1.82, 2.24) is 4.90 Å². The van der Waals surface area contributed by atoms with Crippen molar-refractivity contribution in [3.8, 4) is 0 Å². The lowest BCUT2D eigenvalue weighted by molar-refractivity contribution is -0.150. The first-order chi connectivity index (χ1) is 19.0. The van der Waals surface area contributed by atoms with Crippen LogP contribution in [0.2, 0.25) is 0 Å². The third-order valence-corrected chi connectivity index (χ3v) is 7.30. The molecule has 0 rings (SSSR count). The average molecular weight is 552 g/mol. The van der Waals surface area contributed by atoms with Gasteiger partial charge in [-0.05, 0) is 65.6 Å². The maximum Gasteiger partial charge on any atom is 0.306 e. The number of ether oxygens (including phenoxy) is 2. The van der Waals surface area contributed by atoms with Crippen LogP contribution in [0.5, 0.6) is 0 Å². The number of esters is 2. The number of unbranched alkanes of at least 4 members (excludes halogenated alkanes) is 15. The number of carbonyl (C=O) groups excluding carboxylic acids is 2. The highest BCUT2D eigenvalue weighted by Gasteiger charge is 2.14. The van der Waals surface area contributed by atoms with E-state index in [4.69, 9.17) is 9.47 Å². The molecule has 0 spiro atoms. The molecule has 0 saturated carbocycles. The van der Waals surface area contributed by atoms with Crippen LogP contribution in [0.4, 0.5) is 0 Å². The van der Waals surface area contributed by atoms with Gasteiger partial charge >= 0.3 is 11.9 Å². The Balaban J connectivity index is 3.91. The largest absolute Gasteiger partial charge is 0.462 e. The fourth-order valence-electron chi connectivity index (χ4n) is 4.80. The maximum atomic E-state index is 12.4. The molecule has 39 heavy (non-hydrogen) atoms. The zero-order valence-electron chi connectivity index (χ0n) is 26.5. The maximum absolute atomic E-state index is 12.4. The van der Waals surface area contributed by atoms with Gasteiger partial charge in [0.25, 0.3) is 0 Å². The third kappa shape index (κ3) is 29.4.